The highest BCUT2D eigenvalue weighted by Gasteiger charge is 2.50. The van der Waals surface area contributed by atoms with Crippen LogP contribution in [0.1, 0.15) is 31.2 Å². The number of hydrogen-bond acceptors (Lipinski definition) is 2. The number of nitrogens with zero attached hydrogens (tertiary/aromatic N) is 1. The van der Waals surface area contributed by atoms with Crippen LogP contribution < -0.4 is 0 Å². The van der Waals surface area contributed by atoms with Crippen molar-refractivity contribution in [3.8, 4) is 0 Å². The summed E-state index contributed by atoms with van der Waals surface area (Å²) < 4.78 is 0. The normalized spacial score (nSPS) is 28.2. The molecular weight excluding hydrogens is 198 g/mol. The number of aliphatic hydroxyl groups excluding tert-OH is 1. The molecule has 2 heteroatoms. The summed E-state index contributed by atoms with van der Waals surface area (Å²) in [7, 11) is 0. The van der Waals surface area contributed by atoms with Gasteiger partial charge in [-0.1, -0.05) is 30.3 Å². The number of rotatable bonds is 2. The van der Waals surface area contributed by atoms with Gasteiger partial charge in [-0.05, 0) is 31.2 Å². The molecule has 2 fully saturated rings. The van der Waals surface area contributed by atoms with E-state index in [1.54, 1.807) is 0 Å². The summed E-state index contributed by atoms with van der Waals surface area (Å²) in [4.78, 5) is 2.58. The summed E-state index contributed by atoms with van der Waals surface area (Å²) >= 11 is 0. The van der Waals surface area contributed by atoms with Gasteiger partial charge in [0.25, 0.3) is 0 Å². The average molecular weight is 217 g/mol. The van der Waals surface area contributed by atoms with Crippen LogP contribution in [0.25, 0.3) is 0 Å². The van der Waals surface area contributed by atoms with Crippen LogP contribution >= 0.6 is 0 Å². The van der Waals surface area contributed by atoms with Crippen LogP contribution in [0.3, 0.4) is 0 Å². The van der Waals surface area contributed by atoms with Gasteiger partial charge >= 0.3 is 0 Å². The van der Waals surface area contributed by atoms with Gasteiger partial charge in [0, 0.05) is 18.6 Å². The van der Waals surface area contributed by atoms with Crippen molar-refractivity contribution in [2.75, 3.05) is 6.54 Å². The molecular formula is C14H19NO. The molecule has 1 aromatic carbocycles. The fourth-order valence-electron chi connectivity index (χ4n) is 2.93. The average Bonchev–Trinajstić information content (AvgIpc) is 3.05. The zero-order chi connectivity index (χ0) is 11.0. The second kappa shape index (κ2) is 3.86. The van der Waals surface area contributed by atoms with Crippen molar-refractivity contribution in [2.24, 2.45) is 0 Å². The van der Waals surface area contributed by atoms with Gasteiger partial charge in [0.15, 0.2) is 0 Å². The molecule has 1 heterocycles. The first-order valence-corrected chi connectivity index (χ1v) is 6.26. The van der Waals surface area contributed by atoms with Crippen molar-refractivity contribution >= 4 is 0 Å². The maximum atomic E-state index is 9.74. The molecule has 1 N–H and O–H groups in total. The Labute approximate surface area is 96.9 Å². The van der Waals surface area contributed by atoms with Crippen LogP contribution in [0.2, 0.25) is 0 Å². The monoisotopic (exact) mass is 217 g/mol. The third-order valence-corrected chi connectivity index (χ3v) is 4.06. The molecule has 1 spiro atoms. The zero-order valence-electron chi connectivity index (χ0n) is 9.60. The van der Waals surface area contributed by atoms with Gasteiger partial charge in [-0.3, -0.25) is 4.90 Å². The Morgan fingerprint density at radius 1 is 1.25 bits per heavy atom. The van der Waals surface area contributed by atoms with Gasteiger partial charge in [-0.15, -0.1) is 0 Å². The van der Waals surface area contributed by atoms with E-state index in [2.05, 4.69) is 35.2 Å². The Bertz CT molecular complexity index is 358. The van der Waals surface area contributed by atoms with Crippen molar-refractivity contribution in [1.82, 2.24) is 4.90 Å². The SMILES string of the molecule is O[C@H]1CCN(Cc2ccccc2)C2(CC2)C1. The molecule has 1 aliphatic carbocycles. The summed E-state index contributed by atoms with van der Waals surface area (Å²) in [6.45, 7) is 2.10. The maximum absolute atomic E-state index is 9.74. The Morgan fingerprint density at radius 2 is 2.00 bits per heavy atom. The van der Waals surface area contributed by atoms with E-state index in [1.807, 2.05) is 0 Å². The van der Waals surface area contributed by atoms with Gasteiger partial charge in [0.1, 0.15) is 0 Å². The summed E-state index contributed by atoms with van der Waals surface area (Å²) in [6, 6.07) is 10.7. The molecule has 0 radical (unpaired) electrons. The zero-order valence-corrected chi connectivity index (χ0v) is 9.60. The standard InChI is InChI=1S/C14H19NO/c16-13-6-9-15(14(10-13)7-8-14)11-12-4-2-1-3-5-12/h1-5,13,16H,6-11H2/t13-/m0/s1. The third kappa shape index (κ3) is 1.87. The van der Waals surface area contributed by atoms with Crippen LogP contribution in [0.5, 0.6) is 0 Å². The number of benzene rings is 1. The molecule has 2 aliphatic rings. The molecule has 2 nitrogen and oxygen atoms in total. The Morgan fingerprint density at radius 3 is 2.69 bits per heavy atom. The molecule has 86 valence electrons. The lowest BCUT2D eigenvalue weighted by atomic mass is 9.96. The molecule has 0 aromatic heterocycles. The number of hydrogen-bond donors (Lipinski definition) is 1. The summed E-state index contributed by atoms with van der Waals surface area (Å²) in [6.07, 6.45) is 4.41. The Hall–Kier alpha value is -0.860. The lowest BCUT2D eigenvalue weighted by Gasteiger charge is -2.38. The Balaban J connectivity index is 1.71. The predicted octanol–water partition coefficient (Wildman–Crippen LogP) is 2.18. The molecule has 1 saturated carbocycles. The molecule has 1 saturated heterocycles. The van der Waals surface area contributed by atoms with E-state index < -0.39 is 0 Å². The summed E-state index contributed by atoms with van der Waals surface area (Å²) in [5, 5.41) is 9.74. The predicted molar refractivity (Wildman–Crippen MR) is 64.1 cm³/mol. The van der Waals surface area contributed by atoms with E-state index in [0.29, 0.717) is 5.54 Å². The number of likely N-dealkylation sites (tertiary alicyclic amines) is 1. The molecule has 1 aliphatic heterocycles. The number of piperidine rings is 1. The molecule has 0 unspecified atom stereocenters. The molecule has 1 atom stereocenters. The minimum atomic E-state index is -0.0606. The second-order valence-corrected chi connectivity index (χ2v) is 5.28. The topological polar surface area (TPSA) is 23.5 Å². The third-order valence-electron chi connectivity index (χ3n) is 4.06. The van der Waals surface area contributed by atoms with Gasteiger partial charge < -0.3 is 5.11 Å². The van der Waals surface area contributed by atoms with Crippen LogP contribution in [0, 0.1) is 0 Å². The summed E-state index contributed by atoms with van der Waals surface area (Å²) in [5.74, 6) is 0. The maximum Gasteiger partial charge on any atom is 0.0570 e. The van der Waals surface area contributed by atoms with E-state index in [9.17, 15) is 5.11 Å². The highest BCUT2D eigenvalue weighted by atomic mass is 16.3. The Kier molecular flexibility index (Phi) is 2.49. The van der Waals surface area contributed by atoms with Gasteiger partial charge in [-0.2, -0.15) is 0 Å². The van der Waals surface area contributed by atoms with Crippen molar-refractivity contribution in [3.63, 3.8) is 0 Å². The van der Waals surface area contributed by atoms with E-state index in [-0.39, 0.29) is 6.10 Å². The van der Waals surface area contributed by atoms with E-state index in [4.69, 9.17) is 0 Å². The van der Waals surface area contributed by atoms with Crippen LogP contribution in [0.15, 0.2) is 30.3 Å². The van der Waals surface area contributed by atoms with Crippen molar-refractivity contribution in [1.29, 1.82) is 0 Å². The molecule has 3 rings (SSSR count). The number of aliphatic hydroxyl groups is 1. The lowest BCUT2D eigenvalue weighted by Crippen LogP contribution is -2.45. The minimum absolute atomic E-state index is 0.0606. The molecule has 0 bridgehead atoms. The molecule has 0 amide bonds. The van der Waals surface area contributed by atoms with E-state index in [1.165, 1.54) is 18.4 Å². The van der Waals surface area contributed by atoms with Crippen LogP contribution in [0.4, 0.5) is 0 Å². The highest BCUT2D eigenvalue weighted by Crippen LogP contribution is 2.48. The first kappa shape index (κ1) is 10.3. The quantitative estimate of drug-likeness (QED) is 0.820. The summed E-state index contributed by atoms with van der Waals surface area (Å²) in [5.41, 5.74) is 1.75. The van der Waals surface area contributed by atoms with Crippen LogP contribution in [-0.2, 0) is 6.54 Å². The van der Waals surface area contributed by atoms with Crippen molar-refractivity contribution in [3.05, 3.63) is 35.9 Å². The molecule has 1 aromatic rings. The largest absolute Gasteiger partial charge is 0.393 e. The highest BCUT2D eigenvalue weighted by molar-refractivity contribution is 5.17. The first-order valence-electron chi connectivity index (χ1n) is 6.26. The fraction of sp³-hybridized carbons (Fsp3) is 0.571. The second-order valence-electron chi connectivity index (χ2n) is 5.28. The van der Waals surface area contributed by atoms with Crippen LogP contribution in [-0.4, -0.2) is 28.2 Å². The van der Waals surface area contributed by atoms with E-state index >= 15 is 0 Å². The van der Waals surface area contributed by atoms with Gasteiger partial charge in [0.2, 0.25) is 0 Å². The lowest BCUT2D eigenvalue weighted by molar-refractivity contribution is 0.0249. The smallest absolute Gasteiger partial charge is 0.0570 e. The van der Waals surface area contributed by atoms with Gasteiger partial charge in [-0.25, -0.2) is 0 Å². The minimum Gasteiger partial charge on any atom is -0.393 e. The fourth-order valence-corrected chi connectivity index (χ4v) is 2.93. The first-order chi connectivity index (χ1) is 7.78. The van der Waals surface area contributed by atoms with E-state index in [0.717, 1.165) is 25.9 Å². The van der Waals surface area contributed by atoms with Crippen molar-refractivity contribution < 1.29 is 5.11 Å². The molecule has 16 heavy (non-hydrogen) atoms. The van der Waals surface area contributed by atoms with Crippen molar-refractivity contribution in [2.45, 2.75) is 43.9 Å². The van der Waals surface area contributed by atoms with Gasteiger partial charge in [0.05, 0.1) is 6.10 Å².